The SMILES string of the molecule is CNC(=O)NC(=O)CCSc1nnc(-c2ccccc2F)n1CC(C)C. The first-order chi connectivity index (χ1) is 12.4. The number of amides is 3. The van der Waals surface area contributed by atoms with Gasteiger partial charge in [-0.05, 0) is 18.1 Å². The fourth-order valence-corrected chi connectivity index (χ4v) is 3.14. The van der Waals surface area contributed by atoms with Gasteiger partial charge in [0.05, 0.1) is 5.56 Å². The molecule has 1 heterocycles. The molecule has 0 aliphatic rings. The fourth-order valence-electron chi connectivity index (χ4n) is 2.25. The molecular formula is C17H22FN5O2S. The summed E-state index contributed by atoms with van der Waals surface area (Å²) < 4.78 is 16.0. The van der Waals surface area contributed by atoms with Crippen molar-refractivity contribution in [2.24, 2.45) is 5.92 Å². The van der Waals surface area contributed by atoms with Crippen LogP contribution in [0.25, 0.3) is 11.4 Å². The van der Waals surface area contributed by atoms with Crippen molar-refractivity contribution in [3.8, 4) is 11.4 Å². The molecule has 0 fully saturated rings. The largest absolute Gasteiger partial charge is 0.341 e. The first-order valence-electron chi connectivity index (χ1n) is 8.24. The summed E-state index contributed by atoms with van der Waals surface area (Å²) >= 11 is 1.35. The average Bonchev–Trinajstić information content (AvgIpc) is 2.97. The van der Waals surface area contributed by atoms with Crippen molar-refractivity contribution in [2.75, 3.05) is 12.8 Å². The molecule has 0 saturated heterocycles. The molecule has 0 atom stereocenters. The molecule has 26 heavy (non-hydrogen) atoms. The van der Waals surface area contributed by atoms with E-state index in [1.165, 1.54) is 24.9 Å². The Morgan fingerprint density at radius 3 is 2.65 bits per heavy atom. The maximum atomic E-state index is 14.1. The van der Waals surface area contributed by atoms with Crippen LogP contribution in [0.3, 0.4) is 0 Å². The maximum absolute atomic E-state index is 14.1. The Labute approximate surface area is 155 Å². The van der Waals surface area contributed by atoms with Crippen LogP contribution >= 0.6 is 11.8 Å². The molecule has 2 aromatic rings. The Kier molecular flexibility index (Phi) is 7.14. The Hall–Kier alpha value is -2.42. The van der Waals surface area contributed by atoms with E-state index >= 15 is 0 Å². The van der Waals surface area contributed by atoms with E-state index in [1.807, 2.05) is 4.57 Å². The first kappa shape index (κ1) is 19.9. The number of aromatic nitrogens is 3. The quantitative estimate of drug-likeness (QED) is 0.722. The summed E-state index contributed by atoms with van der Waals surface area (Å²) in [5.41, 5.74) is 0.393. The Bertz CT molecular complexity index is 778. The van der Waals surface area contributed by atoms with Gasteiger partial charge in [0.25, 0.3) is 0 Å². The third kappa shape index (κ3) is 5.29. The number of rotatable bonds is 7. The highest BCUT2D eigenvalue weighted by molar-refractivity contribution is 7.99. The summed E-state index contributed by atoms with van der Waals surface area (Å²) in [7, 11) is 1.44. The average molecular weight is 379 g/mol. The smallest absolute Gasteiger partial charge is 0.321 e. The number of urea groups is 1. The molecule has 1 aromatic heterocycles. The van der Waals surface area contributed by atoms with Gasteiger partial charge in [-0.2, -0.15) is 0 Å². The van der Waals surface area contributed by atoms with Gasteiger partial charge in [0.15, 0.2) is 11.0 Å². The summed E-state index contributed by atoms with van der Waals surface area (Å²) in [6.07, 6.45) is 0.154. The lowest BCUT2D eigenvalue weighted by Crippen LogP contribution is -2.37. The second-order valence-corrected chi connectivity index (χ2v) is 7.08. The van der Waals surface area contributed by atoms with Crippen molar-refractivity contribution in [1.82, 2.24) is 25.4 Å². The molecule has 0 unspecified atom stereocenters. The number of hydrogen-bond donors (Lipinski definition) is 2. The highest BCUT2D eigenvalue weighted by Crippen LogP contribution is 2.27. The number of carbonyl (C=O) groups is 2. The zero-order valence-corrected chi connectivity index (χ0v) is 15.8. The number of imide groups is 1. The normalized spacial score (nSPS) is 10.8. The van der Waals surface area contributed by atoms with Crippen molar-refractivity contribution in [3.05, 3.63) is 30.1 Å². The van der Waals surface area contributed by atoms with Gasteiger partial charge >= 0.3 is 6.03 Å². The van der Waals surface area contributed by atoms with Gasteiger partial charge < -0.3 is 9.88 Å². The van der Waals surface area contributed by atoms with Gasteiger partial charge in [-0.25, -0.2) is 9.18 Å². The second kappa shape index (κ2) is 9.33. The third-order valence-electron chi connectivity index (χ3n) is 3.42. The standard InChI is InChI=1S/C17H22FN5O2S/c1-11(2)10-23-15(12-6-4-5-7-13(12)18)21-22-17(23)26-9-8-14(24)20-16(25)19-3/h4-7,11H,8-10H2,1-3H3,(H2,19,20,24,25). The minimum Gasteiger partial charge on any atom is -0.341 e. The predicted octanol–water partition coefficient (Wildman–Crippen LogP) is 2.68. The molecule has 3 amide bonds. The van der Waals surface area contributed by atoms with Gasteiger partial charge in [-0.3, -0.25) is 10.1 Å². The predicted molar refractivity (Wildman–Crippen MR) is 98.2 cm³/mol. The summed E-state index contributed by atoms with van der Waals surface area (Å²) in [5, 5.41) is 13.4. The number of carbonyl (C=O) groups excluding carboxylic acids is 2. The first-order valence-corrected chi connectivity index (χ1v) is 9.23. The molecule has 0 aliphatic carbocycles. The molecule has 2 rings (SSSR count). The molecule has 0 bridgehead atoms. The van der Waals surface area contributed by atoms with Gasteiger partial charge in [0, 0.05) is 25.8 Å². The van der Waals surface area contributed by atoms with E-state index < -0.39 is 6.03 Å². The monoisotopic (exact) mass is 379 g/mol. The second-order valence-electron chi connectivity index (χ2n) is 6.02. The van der Waals surface area contributed by atoms with Crippen LogP contribution in [0.4, 0.5) is 9.18 Å². The van der Waals surface area contributed by atoms with Crippen LogP contribution in [0.5, 0.6) is 0 Å². The Morgan fingerprint density at radius 2 is 2.00 bits per heavy atom. The molecule has 0 spiro atoms. The summed E-state index contributed by atoms with van der Waals surface area (Å²) in [6, 6.07) is 5.90. The van der Waals surface area contributed by atoms with E-state index in [4.69, 9.17) is 0 Å². The van der Waals surface area contributed by atoms with E-state index in [9.17, 15) is 14.0 Å². The molecule has 7 nitrogen and oxygen atoms in total. The number of nitrogens with one attached hydrogen (secondary N) is 2. The van der Waals surface area contributed by atoms with Crippen molar-refractivity contribution in [3.63, 3.8) is 0 Å². The Morgan fingerprint density at radius 1 is 1.27 bits per heavy atom. The van der Waals surface area contributed by atoms with Crippen molar-refractivity contribution >= 4 is 23.7 Å². The van der Waals surface area contributed by atoms with Crippen molar-refractivity contribution < 1.29 is 14.0 Å². The lowest BCUT2D eigenvalue weighted by molar-refractivity contribution is -0.119. The lowest BCUT2D eigenvalue weighted by atomic mass is 10.2. The van der Waals surface area contributed by atoms with Crippen LogP contribution in [-0.4, -0.2) is 39.5 Å². The molecule has 1 aromatic carbocycles. The zero-order chi connectivity index (χ0) is 19.1. The number of benzene rings is 1. The molecule has 0 saturated carbocycles. The fraction of sp³-hybridized carbons (Fsp3) is 0.412. The van der Waals surface area contributed by atoms with Gasteiger partial charge in [-0.15, -0.1) is 10.2 Å². The highest BCUT2D eigenvalue weighted by Gasteiger charge is 2.18. The van der Waals surface area contributed by atoms with Crippen LogP contribution in [0, 0.1) is 11.7 Å². The molecule has 0 radical (unpaired) electrons. The summed E-state index contributed by atoms with van der Waals surface area (Å²) in [6.45, 7) is 4.73. The molecule has 9 heteroatoms. The van der Waals surface area contributed by atoms with Crippen LogP contribution in [0.2, 0.25) is 0 Å². The third-order valence-corrected chi connectivity index (χ3v) is 4.39. The van der Waals surface area contributed by atoms with Gasteiger partial charge in [0.2, 0.25) is 5.91 Å². The molecular weight excluding hydrogens is 357 g/mol. The van der Waals surface area contributed by atoms with Gasteiger partial charge in [-0.1, -0.05) is 37.7 Å². The van der Waals surface area contributed by atoms with E-state index in [-0.39, 0.29) is 18.1 Å². The van der Waals surface area contributed by atoms with E-state index in [0.717, 1.165) is 0 Å². The number of hydrogen-bond acceptors (Lipinski definition) is 5. The Balaban J connectivity index is 2.12. The molecule has 2 N–H and O–H groups in total. The van der Waals surface area contributed by atoms with E-state index in [1.54, 1.807) is 18.2 Å². The van der Waals surface area contributed by atoms with E-state index in [0.29, 0.717) is 34.8 Å². The number of thioether (sulfide) groups is 1. The molecule has 140 valence electrons. The van der Waals surface area contributed by atoms with Crippen LogP contribution in [0.1, 0.15) is 20.3 Å². The van der Waals surface area contributed by atoms with Gasteiger partial charge in [0.1, 0.15) is 5.82 Å². The topological polar surface area (TPSA) is 88.9 Å². The van der Waals surface area contributed by atoms with Crippen LogP contribution < -0.4 is 10.6 Å². The maximum Gasteiger partial charge on any atom is 0.321 e. The van der Waals surface area contributed by atoms with E-state index in [2.05, 4.69) is 34.7 Å². The van der Waals surface area contributed by atoms with Crippen molar-refractivity contribution in [2.45, 2.75) is 32.0 Å². The van der Waals surface area contributed by atoms with Crippen LogP contribution in [-0.2, 0) is 11.3 Å². The zero-order valence-electron chi connectivity index (χ0n) is 15.0. The lowest BCUT2D eigenvalue weighted by Gasteiger charge is -2.12. The molecule has 0 aliphatic heterocycles. The number of nitrogens with zero attached hydrogens (tertiary/aromatic N) is 3. The van der Waals surface area contributed by atoms with Crippen molar-refractivity contribution in [1.29, 1.82) is 0 Å². The van der Waals surface area contributed by atoms with Crippen LogP contribution in [0.15, 0.2) is 29.4 Å². The summed E-state index contributed by atoms with van der Waals surface area (Å²) in [4.78, 5) is 22.8. The summed E-state index contributed by atoms with van der Waals surface area (Å²) in [5.74, 6) is 0.477. The minimum atomic E-state index is -0.537. The minimum absolute atomic E-state index is 0.154. The number of halogens is 1. The highest BCUT2D eigenvalue weighted by atomic mass is 32.2.